The van der Waals surface area contributed by atoms with E-state index in [1.807, 2.05) is 6.07 Å². The number of nitrogens with zero attached hydrogens (tertiary/aromatic N) is 3. The molecule has 0 aromatic heterocycles. The van der Waals surface area contributed by atoms with E-state index in [9.17, 15) is 5.26 Å². The maximum atomic E-state index is 9.63. The van der Waals surface area contributed by atoms with Crippen molar-refractivity contribution >= 4 is 22.7 Å². The Kier molecular flexibility index (Phi) is 5.30. The summed E-state index contributed by atoms with van der Waals surface area (Å²) in [5.41, 5.74) is 9.97. The topological polar surface area (TPSA) is 31.4 Å². The number of nitriles is 1. The van der Waals surface area contributed by atoms with Gasteiger partial charge in [0, 0.05) is 17.2 Å². The minimum atomic E-state index is 0.160. The van der Waals surface area contributed by atoms with Crippen LogP contribution in [0.2, 0.25) is 0 Å². The van der Waals surface area contributed by atoms with Gasteiger partial charge in [-0.1, -0.05) is 91.0 Å². The fraction of sp³-hybridized carbons (Fsp3) is 0.0303. The maximum Gasteiger partial charge on any atom is 0.188 e. The first-order chi connectivity index (χ1) is 17.8. The van der Waals surface area contributed by atoms with Crippen LogP contribution in [0.25, 0.3) is 16.0 Å². The van der Waals surface area contributed by atoms with Crippen LogP contribution in [0.15, 0.2) is 121 Å². The van der Waals surface area contributed by atoms with Gasteiger partial charge in [-0.3, -0.25) is 0 Å². The standard InChI is InChI=1S/C33H21N3/c1-35-26-17-20-28(25(21-26)22-34)23-15-18-27(19-16-23)36-31-13-7-5-11-29(31)33(24-9-3-2-4-10-24)30-12-6-8-14-32(30)36/h2-21,33H. The molecule has 0 spiro atoms. The molecule has 1 heterocycles. The van der Waals surface area contributed by atoms with Gasteiger partial charge < -0.3 is 4.90 Å². The first-order valence-corrected chi connectivity index (χ1v) is 11.8. The van der Waals surface area contributed by atoms with Crippen molar-refractivity contribution in [1.29, 1.82) is 5.26 Å². The Bertz CT molecular complexity index is 1610. The summed E-state index contributed by atoms with van der Waals surface area (Å²) in [5, 5.41) is 9.63. The van der Waals surface area contributed by atoms with Crippen LogP contribution in [0, 0.1) is 17.9 Å². The van der Waals surface area contributed by atoms with Crippen molar-refractivity contribution in [2.75, 3.05) is 4.90 Å². The van der Waals surface area contributed by atoms with Crippen LogP contribution < -0.4 is 4.90 Å². The van der Waals surface area contributed by atoms with Gasteiger partial charge in [-0.05, 0) is 58.1 Å². The zero-order valence-corrected chi connectivity index (χ0v) is 19.5. The van der Waals surface area contributed by atoms with Crippen molar-refractivity contribution in [2.24, 2.45) is 0 Å². The van der Waals surface area contributed by atoms with Gasteiger partial charge in [-0.2, -0.15) is 5.26 Å². The maximum absolute atomic E-state index is 9.63. The van der Waals surface area contributed by atoms with E-state index in [4.69, 9.17) is 6.57 Å². The van der Waals surface area contributed by atoms with E-state index in [-0.39, 0.29) is 5.92 Å². The van der Waals surface area contributed by atoms with Gasteiger partial charge in [0.25, 0.3) is 0 Å². The Labute approximate surface area is 211 Å². The van der Waals surface area contributed by atoms with Crippen molar-refractivity contribution in [3.05, 3.63) is 155 Å². The largest absolute Gasteiger partial charge is 0.310 e. The molecule has 0 bridgehead atoms. The number of anilines is 3. The minimum Gasteiger partial charge on any atom is -0.310 e. The number of rotatable bonds is 3. The SMILES string of the molecule is [C-]#[N+]c1ccc(-c2ccc(N3c4ccccc4C(c4ccccc4)c4ccccc43)cc2)c(C#N)c1. The molecule has 0 radical (unpaired) electrons. The second kappa shape index (κ2) is 8.91. The lowest BCUT2D eigenvalue weighted by molar-refractivity contribution is 0.939. The van der Waals surface area contributed by atoms with E-state index in [0.717, 1.165) is 28.2 Å². The number of hydrogen-bond donors (Lipinski definition) is 0. The molecule has 6 rings (SSSR count). The molecule has 1 aliphatic heterocycles. The minimum absolute atomic E-state index is 0.160. The van der Waals surface area contributed by atoms with Gasteiger partial charge in [-0.15, -0.1) is 0 Å². The van der Waals surface area contributed by atoms with Gasteiger partial charge in [0.2, 0.25) is 0 Å². The third-order valence-corrected chi connectivity index (χ3v) is 6.80. The van der Waals surface area contributed by atoms with E-state index in [1.54, 1.807) is 12.1 Å². The summed E-state index contributed by atoms with van der Waals surface area (Å²) in [7, 11) is 0. The van der Waals surface area contributed by atoms with Gasteiger partial charge in [0.1, 0.15) is 0 Å². The summed E-state index contributed by atoms with van der Waals surface area (Å²) in [5.74, 6) is 0.160. The summed E-state index contributed by atoms with van der Waals surface area (Å²) in [4.78, 5) is 5.77. The highest BCUT2D eigenvalue weighted by atomic mass is 15.2. The fourth-order valence-corrected chi connectivity index (χ4v) is 5.19. The van der Waals surface area contributed by atoms with Crippen LogP contribution in [0.3, 0.4) is 0 Å². The van der Waals surface area contributed by atoms with Crippen LogP contribution in [0.4, 0.5) is 22.7 Å². The highest BCUT2D eigenvalue weighted by molar-refractivity contribution is 5.86. The van der Waals surface area contributed by atoms with E-state index in [2.05, 4.69) is 119 Å². The molecule has 0 amide bonds. The average molecular weight is 460 g/mol. The third kappa shape index (κ3) is 3.52. The Morgan fingerprint density at radius 3 is 1.92 bits per heavy atom. The van der Waals surface area contributed by atoms with Gasteiger partial charge in [0.05, 0.1) is 24.0 Å². The lowest BCUT2D eigenvalue weighted by Crippen LogP contribution is -2.22. The predicted octanol–water partition coefficient (Wildman–Crippen LogP) is 8.74. The molecule has 0 saturated carbocycles. The summed E-state index contributed by atoms with van der Waals surface area (Å²) in [6, 6.07) is 43.7. The Morgan fingerprint density at radius 1 is 0.694 bits per heavy atom. The average Bonchev–Trinajstić information content (AvgIpc) is 2.96. The second-order valence-electron chi connectivity index (χ2n) is 8.80. The predicted molar refractivity (Wildman–Crippen MR) is 145 cm³/mol. The van der Waals surface area contributed by atoms with Crippen LogP contribution >= 0.6 is 0 Å². The normalized spacial score (nSPS) is 12.2. The highest BCUT2D eigenvalue weighted by Crippen LogP contribution is 2.51. The molecule has 0 atom stereocenters. The zero-order chi connectivity index (χ0) is 24.5. The molecule has 0 fully saturated rings. The number of fused-ring (bicyclic) bond motifs is 2. The van der Waals surface area contributed by atoms with E-state index in [0.29, 0.717) is 11.3 Å². The molecular formula is C33H21N3. The molecule has 0 N–H and O–H groups in total. The zero-order valence-electron chi connectivity index (χ0n) is 19.5. The lowest BCUT2D eigenvalue weighted by Gasteiger charge is -2.38. The summed E-state index contributed by atoms with van der Waals surface area (Å²) in [6.45, 7) is 7.23. The molecule has 3 heteroatoms. The number of hydrogen-bond acceptors (Lipinski definition) is 2. The Hall–Kier alpha value is -5.12. The quantitative estimate of drug-likeness (QED) is 0.248. The van der Waals surface area contributed by atoms with E-state index in [1.165, 1.54) is 16.7 Å². The first-order valence-electron chi connectivity index (χ1n) is 11.8. The Balaban J connectivity index is 1.48. The monoisotopic (exact) mass is 459 g/mol. The van der Waals surface area contributed by atoms with Crippen molar-refractivity contribution in [3.63, 3.8) is 0 Å². The molecule has 1 aliphatic rings. The number of benzene rings is 5. The van der Waals surface area contributed by atoms with Gasteiger partial charge >= 0.3 is 0 Å². The number of para-hydroxylation sites is 2. The molecule has 36 heavy (non-hydrogen) atoms. The van der Waals surface area contributed by atoms with Crippen molar-refractivity contribution in [3.8, 4) is 17.2 Å². The molecule has 5 aromatic rings. The van der Waals surface area contributed by atoms with Crippen LogP contribution in [-0.4, -0.2) is 0 Å². The molecule has 5 aromatic carbocycles. The first kappa shape index (κ1) is 21.4. The summed E-state index contributed by atoms with van der Waals surface area (Å²) < 4.78 is 0. The molecule has 3 nitrogen and oxygen atoms in total. The van der Waals surface area contributed by atoms with Gasteiger partial charge in [-0.25, -0.2) is 4.85 Å². The fourth-order valence-electron chi connectivity index (χ4n) is 5.19. The van der Waals surface area contributed by atoms with Crippen LogP contribution in [0.5, 0.6) is 0 Å². The molecule has 168 valence electrons. The molecular weight excluding hydrogens is 438 g/mol. The third-order valence-electron chi connectivity index (χ3n) is 6.80. The van der Waals surface area contributed by atoms with Crippen molar-refractivity contribution in [1.82, 2.24) is 0 Å². The highest BCUT2D eigenvalue weighted by Gasteiger charge is 2.31. The van der Waals surface area contributed by atoms with Crippen molar-refractivity contribution < 1.29 is 0 Å². The van der Waals surface area contributed by atoms with E-state index >= 15 is 0 Å². The van der Waals surface area contributed by atoms with E-state index < -0.39 is 0 Å². The lowest BCUT2D eigenvalue weighted by atomic mass is 9.80. The molecule has 0 aliphatic carbocycles. The van der Waals surface area contributed by atoms with Crippen molar-refractivity contribution in [2.45, 2.75) is 5.92 Å². The molecule has 0 saturated heterocycles. The smallest absolute Gasteiger partial charge is 0.188 e. The van der Waals surface area contributed by atoms with Gasteiger partial charge in [0.15, 0.2) is 5.69 Å². The summed E-state index contributed by atoms with van der Waals surface area (Å²) >= 11 is 0. The summed E-state index contributed by atoms with van der Waals surface area (Å²) in [6.07, 6.45) is 0. The molecule has 0 unspecified atom stereocenters. The second-order valence-corrected chi connectivity index (χ2v) is 8.80. The van der Waals surface area contributed by atoms with Crippen LogP contribution in [0.1, 0.15) is 28.2 Å². The Morgan fingerprint density at radius 2 is 1.31 bits per heavy atom. The van der Waals surface area contributed by atoms with Crippen LogP contribution in [-0.2, 0) is 0 Å².